The maximum atomic E-state index is 2.46. The molecule has 13 rings (SSSR count). The summed E-state index contributed by atoms with van der Waals surface area (Å²) in [5.74, 6) is 0. The average Bonchev–Trinajstić information content (AvgIpc) is 3.92. The molecule has 0 saturated heterocycles. The highest BCUT2D eigenvalue weighted by atomic mass is 15.1. The molecule has 1 aliphatic carbocycles. The van der Waals surface area contributed by atoms with Crippen molar-refractivity contribution >= 4 is 38.9 Å². The first-order chi connectivity index (χ1) is 34.2. The normalized spacial score (nSPS) is 12.5. The summed E-state index contributed by atoms with van der Waals surface area (Å²) in [4.78, 5) is 2.44. The second-order valence-electron chi connectivity index (χ2n) is 18.0. The fraction of sp³-hybridized carbons (Fsp3) is 0.0149. The van der Waals surface area contributed by atoms with Gasteiger partial charge in [-0.25, -0.2) is 0 Å². The molecule has 69 heavy (non-hydrogen) atoms. The molecule has 0 N–H and O–H groups in total. The zero-order valence-electron chi connectivity index (χ0n) is 38.0. The highest BCUT2D eigenvalue weighted by Crippen LogP contribution is 2.57. The minimum atomic E-state index is -0.514. The molecule has 0 bridgehead atoms. The lowest BCUT2D eigenvalue weighted by Gasteiger charge is -2.35. The Bertz CT molecular complexity index is 3790. The predicted octanol–water partition coefficient (Wildman–Crippen LogP) is 17.6. The van der Waals surface area contributed by atoms with Crippen LogP contribution in [0, 0.1) is 0 Å². The molecule has 1 aromatic heterocycles. The third-order valence-electron chi connectivity index (χ3n) is 14.3. The van der Waals surface area contributed by atoms with E-state index in [1.54, 1.807) is 0 Å². The summed E-state index contributed by atoms with van der Waals surface area (Å²) < 4.78 is 2.41. The Hall–Kier alpha value is -8.98. The number of para-hydroxylation sites is 3. The number of fused-ring (bicyclic) bond motifs is 6. The molecule has 12 aromatic rings. The van der Waals surface area contributed by atoms with Crippen molar-refractivity contribution in [1.29, 1.82) is 0 Å². The second kappa shape index (κ2) is 16.7. The topological polar surface area (TPSA) is 8.17 Å². The summed E-state index contributed by atoms with van der Waals surface area (Å²) in [6, 6.07) is 102. The van der Waals surface area contributed by atoms with Crippen LogP contribution in [0.4, 0.5) is 17.1 Å². The van der Waals surface area contributed by atoms with Crippen molar-refractivity contribution in [2.24, 2.45) is 0 Å². The Balaban J connectivity index is 0.946. The van der Waals surface area contributed by atoms with Crippen molar-refractivity contribution in [3.8, 4) is 50.2 Å². The fourth-order valence-corrected chi connectivity index (χ4v) is 11.2. The lowest BCUT2D eigenvalue weighted by Crippen LogP contribution is -2.28. The van der Waals surface area contributed by atoms with Crippen LogP contribution < -0.4 is 4.90 Å². The maximum absolute atomic E-state index is 2.46. The van der Waals surface area contributed by atoms with E-state index in [1.165, 1.54) is 77.4 Å². The minimum Gasteiger partial charge on any atom is -0.310 e. The molecule has 0 unspecified atom stereocenters. The number of hydrogen-bond donors (Lipinski definition) is 0. The first kappa shape index (κ1) is 40.3. The Morgan fingerprint density at radius 1 is 0.290 bits per heavy atom. The van der Waals surface area contributed by atoms with Gasteiger partial charge in [0.05, 0.1) is 22.1 Å². The SMILES string of the molecule is c1ccc(-c2cccc(-n3c4ccccc4c4cc(-c5cccc(-c6ccccc6N(c6ccccc6)c6ccc7c(c6)C(c6ccccc6)(c6ccccc6)c6ccccc6-7)c5)ccc43)c2)cc1. The van der Waals surface area contributed by atoms with Crippen molar-refractivity contribution in [3.05, 3.63) is 301 Å². The van der Waals surface area contributed by atoms with Gasteiger partial charge in [-0.3, -0.25) is 0 Å². The maximum Gasteiger partial charge on any atom is 0.0714 e. The number of nitrogens with zero attached hydrogens (tertiary/aromatic N) is 2. The van der Waals surface area contributed by atoms with Gasteiger partial charge in [-0.05, 0) is 128 Å². The van der Waals surface area contributed by atoms with Crippen molar-refractivity contribution in [3.63, 3.8) is 0 Å². The zero-order chi connectivity index (χ0) is 45.7. The molecular weight excluding hydrogens is 833 g/mol. The van der Waals surface area contributed by atoms with E-state index in [9.17, 15) is 0 Å². The van der Waals surface area contributed by atoms with Crippen LogP contribution in [0.15, 0.2) is 279 Å². The van der Waals surface area contributed by atoms with Gasteiger partial charge in [0.15, 0.2) is 0 Å². The molecule has 2 nitrogen and oxygen atoms in total. The highest BCUT2D eigenvalue weighted by Gasteiger charge is 2.46. The van der Waals surface area contributed by atoms with Gasteiger partial charge >= 0.3 is 0 Å². The summed E-state index contributed by atoms with van der Waals surface area (Å²) >= 11 is 0. The fourth-order valence-electron chi connectivity index (χ4n) is 11.2. The smallest absolute Gasteiger partial charge is 0.0714 e. The van der Waals surface area contributed by atoms with Crippen LogP contribution in [0.5, 0.6) is 0 Å². The van der Waals surface area contributed by atoms with Gasteiger partial charge in [0, 0.05) is 33.4 Å². The van der Waals surface area contributed by atoms with Crippen LogP contribution in [0.25, 0.3) is 72.0 Å². The number of rotatable bonds is 9. The third-order valence-corrected chi connectivity index (χ3v) is 14.3. The number of hydrogen-bond acceptors (Lipinski definition) is 1. The third kappa shape index (κ3) is 6.64. The largest absolute Gasteiger partial charge is 0.310 e. The van der Waals surface area contributed by atoms with E-state index >= 15 is 0 Å². The van der Waals surface area contributed by atoms with E-state index < -0.39 is 5.41 Å². The van der Waals surface area contributed by atoms with Crippen LogP contribution in [0.1, 0.15) is 22.3 Å². The molecule has 0 atom stereocenters. The van der Waals surface area contributed by atoms with Gasteiger partial charge in [-0.15, -0.1) is 0 Å². The molecule has 0 radical (unpaired) electrons. The summed E-state index contributed by atoms with van der Waals surface area (Å²) in [6.07, 6.45) is 0. The van der Waals surface area contributed by atoms with E-state index in [-0.39, 0.29) is 0 Å². The summed E-state index contributed by atoms with van der Waals surface area (Å²) in [5, 5.41) is 2.47. The van der Waals surface area contributed by atoms with Gasteiger partial charge < -0.3 is 9.47 Å². The average molecular weight is 879 g/mol. The van der Waals surface area contributed by atoms with Crippen LogP contribution in [0.3, 0.4) is 0 Å². The van der Waals surface area contributed by atoms with Crippen LogP contribution >= 0.6 is 0 Å². The van der Waals surface area contributed by atoms with Crippen LogP contribution in [0.2, 0.25) is 0 Å². The molecule has 0 spiro atoms. The monoisotopic (exact) mass is 878 g/mol. The van der Waals surface area contributed by atoms with Gasteiger partial charge in [-0.2, -0.15) is 0 Å². The van der Waals surface area contributed by atoms with E-state index in [4.69, 9.17) is 0 Å². The van der Waals surface area contributed by atoms with Gasteiger partial charge in [0.1, 0.15) is 0 Å². The van der Waals surface area contributed by atoms with Gasteiger partial charge in [0.2, 0.25) is 0 Å². The molecule has 0 fully saturated rings. The second-order valence-corrected chi connectivity index (χ2v) is 18.0. The summed E-state index contributed by atoms with van der Waals surface area (Å²) in [5.41, 5.74) is 21.0. The minimum absolute atomic E-state index is 0.514. The van der Waals surface area contributed by atoms with Crippen molar-refractivity contribution in [2.45, 2.75) is 5.41 Å². The number of anilines is 3. The van der Waals surface area contributed by atoms with E-state index in [2.05, 4.69) is 289 Å². The highest BCUT2D eigenvalue weighted by molar-refractivity contribution is 6.10. The first-order valence-electron chi connectivity index (χ1n) is 23.8. The Kier molecular flexibility index (Phi) is 9.77. The lowest BCUT2D eigenvalue weighted by molar-refractivity contribution is 0.768. The van der Waals surface area contributed by atoms with Crippen molar-refractivity contribution in [1.82, 2.24) is 4.57 Å². The summed E-state index contributed by atoms with van der Waals surface area (Å²) in [6.45, 7) is 0. The number of aromatic nitrogens is 1. The van der Waals surface area contributed by atoms with E-state index in [0.29, 0.717) is 0 Å². The van der Waals surface area contributed by atoms with Crippen LogP contribution in [-0.4, -0.2) is 4.57 Å². The Morgan fingerprint density at radius 2 is 0.841 bits per heavy atom. The van der Waals surface area contributed by atoms with Gasteiger partial charge in [-0.1, -0.05) is 212 Å². The van der Waals surface area contributed by atoms with Crippen molar-refractivity contribution in [2.75, 3.05) is 4.90 Å². The molecule has 0 saturated carbocycles. The Labute approximate surface area is 403 Å². The zero-order valence-corrected chi connectivity index (χ0v) is 38.0. The summed E-state index contributed by atoms with van der Waals surface area (Å²) in [7, 11) is 0. The van der Waals surface area contributed by atoms with E-state index in [0.717, 1.165) is 33.9 Å². The molecule has 0 aliphatic heterocycles. The number of benzene rings is 11. The standard InChI is InChI=1S/C67H46N2/c1-5-21-47(22-6-1)49-24-20-32-55(44-49)69-65-38-18-15-35-60(65)61-45-50(39-42-66(61)69)48-23-19-25-51(43-48)57-33-14-17-37-64(57)68(54-30-11-4-12-31-54)56-40-41-59-58-34-13-16-36-62(58)67(63(59)46-56,52-26-7-2-8-27-52)53-28-9-3-10-29-53/h1-46H. The molecule has 2 heteroatoms. The van der Waals surface area contributed by atoms with Gasteiger partial charge in [0.25, 0.3) is 0 Å². The molecule has 324 valence electrons. The lowest BCUT2D eigenvalue weighted by atomic mass is 9.67. The molecule has 11 aromatic carbocycles. The quantitative estimate of drug-likeness (QED) is 0.140. The molecule has 1 heterocycles. The Morgan fingerprint density at radius 3 is 1.61 bits per heavy atom. The van der Waals surface area contributed by atoms with Crippen LogP contribution in [-0.2, 0) is 5.41 Å². The molecule has 0 amide bonds. The molecule has 1 aliphatic rings. The van der Waals surface area contributed by atoms with Crippen molar-refractivity contribution < 1.29 is 0 Å². The first-order valence-corrected chi connectivity index (χ1v) is 23.8. The molecular formula is C67H46N2. The predicted molar refractivity (Wildman–Crippen MR) is 289 cm³/mol. The van der Waals surface area contributed by atoms with E-state index in [1.807, 2.05) is 0 Å².